The highest BCUT2D eigenvalue weighted by Gasteiger charge is 2.28. The molecule has 2 rings (SSSR count). The molecule has 0 radical (unpaired) electrons. The molecule has 0 saturated heterocycles. The molecule has 0 fully saturated rings. The van der Waals surface area contributed by atoms with E-state index in [-0.39, 0.29) is 0 Å². The molecular weight excluding hydrogens is 308 g/mol. The Hall–Kier alpha value is -0.350. The summed E-state index contributed by atoms with van der Waals surface area (Å²) in [5.74, 6) is 0. The lowest BCUT2D eigenvalue weighted by atomic mass is 9.90. The summed E-state index contributed by atoms with van der Waals surface area (Å²) in [5.41, 5.74) is 0.537. The molecule has 4 heteroatoms. The van der Waals surface area contributed by atoms with Gasteiger partial charge in [0.25, 0.3) is 0 Å². The van der Waals surface area contributed by atoms with Gasteiger partial charge in [-0.3, -0.25) is 0 Å². The van der Waals surface area contributed by atoms with Gasteiger partial charge in [0.1, 0.15) is 5.60 Å². The first-order valence-electron chi connectivity index (χ1n) is 4.72. The third-order valence-electron chi connectivity index (χ3n) is 2.54. The van der Waals surface area contributed by atoms with Crippen LogP contribution in [0.15, 0.2) is 39.5 Å². The van der Waals surface area contributed by atoms with Gasteiger partial charge in [-0.1, -0.05) is 33.6 Å². The van der Waals surface area contributed by atoms with Crippen molar-refractivity contribution in [3.63, 3.8) is 0 Å². The molecule has 0 saturated carbocycles. The van der Waals surface area contributed by atoms with E-state index in [0.717, 1.165) is 15.6 Å². The zero-order chi connectivity index (χ0) is 11.8. The van der Waals surface area contributed by atoms with Crippen molar-refractivity contribution in [2.24, 2.45) is 0 Å². The Morgan fingerprint density at radius 1 is 1.38 bits per heavy atom. The maximum atomic E-state index is 10.5. The normalized spacial score (nSPS) is 14.8. The van der Waals surface area contributed by atoms with Crippen LogP contribution in [0.4, 0.5) is 0 Å². The van der Waals surface area contributed by atoms with Gasteiger partial charge in [-0.05, 0) is 41.4 Å². The molecule has 1 atom stereocenters. The zero-order valence-corrected chi connectivity index (χ0v) is 11.7. The van der Waals surface area contributed by atoms with Crippen molar-refractivity contribution in [3.05, 3.63) is 55.6 Å². The number of hydrogen-bond acceptors (Lipinski definition) is 2. The summed E-state index contributed by atoms with van der Waals surface area (Å²) in [4.78, 5) is 0. The molecular formula is C12H10BrClOS. The lowest BCUT2D eigenvalue weighted by molar-refractivity contribution is 0.103. The Bertz CT molecular complexity index is 494. The van der Waals surface area contributed by atoms with Crippen LogP contribution in [0.2, 0.25) is 5.02 Å². The molecule has 1 N–H and O–H groups in total. The molecule has 0 spiro atoms. The molecule has 1 nitrogen and oxygen atoms in total. The van der Waals surface area contributed by atoms with E-state index in [1.807, 2.05) is 29.0 Å². The SMILES string of the molecule is CC(O)(c1ccsc1)c1ccc(Br)cc1Cl. The lowest BCUT2D eigenvalue weighted by Gasteiger charge is -2.24. The second-order valence-corrected chi connectivity index (χ2v) is 5.81. The highest BCUT2D eigenvalue weighted by Crippen LogP contribution is 2.36. The first-order chi connectivity index (χ1) is 7.51. The minimum Gasteiger partial charge on any atom is -0.381 e. The average Bonchev–Trinajstić information content (AvgIpc) is 2.69. The van der Waals surface area contributed by atoms with Crippen LogP contribution in [-0.2, 0) is 5.60 Å². The molecule has 16 heavy (non-hydrogen) atoms. The van der Waals surface area contributed by atoms with E-state index in [1.165, 1.54) is 0 Å². The monoisotopic (exact) mass is 316 g/mol. The molecule has 1 aromatic heterocycles. The second kappa shape index (κ2) is 4.49. The summed E-state index contributed by atoms with van der Waals surface area (Å²) in [6.07, 6.45) is 0. The van der Waals surface area contributed by atoms with Crippen molar-refractivity contribution >= 4 is 38.9 Å². The predicted molar refractivity (Wildman–Crippen MR) is 72.1 cm³/mol. The minimum absolute atomic E-state index is 0.561. The summed E-state index contributed by atoms with van der Waals surface area (Å²) in [6.45, 7) is 1.75. The van der Waals surface area contributed by atoms with Gasteiger partial charge in [-0.25, -0.2) is 0 Å². The third-order valence-corrected chi connectivity index (χ3v) is 4.03. The summed E-state index contributed by atoms with van der Waals surface area (Å²) in [7, 11) is 0. The number of benzene rings is 1. The van der Waals surface area contributed by atoms with Crippen LogP contribution in [0.25, 0.3) is 0 Å². The van der Waals surface area contributed by atoms with Crippen LogP contribution < -0.4 is 0 Å². The number of aliphatic hydroxyl groups is 1. The van der Waals surface area contributed by atoms with Crippen LogP contribution in [0, 0.1) is 0 Å². The van der Waals surface area contributed by atoms with Gasteiger partial charge in [0.15, 0.2) is 0 Å². The Morgan fingerprint density at radius 3 is 2.69 bits per heavy atom. The first-order valence-corrected chi connectivity index (χ1v) is 6.84. The summed E-state index contributed by atoms with van der Waals surface area (Å²) < 4.78 is 0.905. The molecule has 0 aliphatic carbocycles. The fraction of sp³-hybridized carbons (Fsp3) is 0.167. The minimum atomic E-state index is -1.04. The number of rotatable bonds is 2. The van der Waals surface area contributed by atoms with Gasteiger partial charge in [-0.15, -0.1) is 0 Å². The van der Waals surface area contributed by atoms with E-state index in [9.17, 15) is 5.11 Å². The second-order valence-electron chi connectivity index (χ2n) is 3.71. The molecule has 84 valence electrons. The Balaban J connectivity index is 2.51. The highest BCUT2D eigenvalue weighted by atomic mass is 79.9. The number of thiophene rings is 1. The van der Waals surface area contributed by atoms with Gasteiger partial charge in [-0.2, -0.15) is 11.3 Å². The Labute approximate surface area is 112 Å². The van der Waals surface area contributed by atoms with E-state index in [0.29, 0.717) is 5.02 Å². The summed E-state index contributed by atoms with van der Waals surface area (Å²) in [5, 5.41) is 15.0. The smallest absolute Gasteiger partial charge is 0.114 e. The van der Waals surface area contributed by atoms with E-state index < -0.39 is 5.60 Å². The topological polar surface area (TPSA) is 20.2 Å². The fourth-order valence-corrected chi connectivity index (χ4v) is 3.20. The quantitative estimate of drug-likeness (QED) is 0.869. The maximum absolute atomic E-state index is 10.5. The highest BCUT2D eigenvalue weighted by molar-refractivity contribution is 9.10. The number of halogens is 2. The molecule has 1 unspecified atom stereocenters. The van der Waals surface area contributed by atoms with Crippen molar-refractivity contribution in [2.75, 3.05) is 0 Å². The molecule has 0 aliphatic heterocycles. The van der Waals surface area contributed by atoms with Crippen LogP contribution in [0.3, 0.4) is 0 Å². The lowest BCUT2D eigenvalue weighted by Crippen LogP contribution is -2.22. The Kier molecular flexibility index (Phi) is 3.40. The number of hydrogen-bond donors (Lipinski definition) is 1. The van der Waals surface area contributed by atoms with Gasteiger partial charge in [0.2, 0.25) is 0 Å². The van der Waals surface area contributed by atoms with Crippen molar-refractivity contribution in [1.29, 1.82) is 0 Å². The van der Waals surface area contributed by atoms with Gasteiger partial charge < -0.3 is 5.11 Å². The molecule has 1 heterocycles. The maximum Gasteiger partial charge on any atom is 0.114 e. The van der Waals surface area contributed by atoms with Crippen molar-refractivity contribution in [2.45, 2.75) is 12.5 Å². The first kappa shape index (κ1) is 12.1. The van der Waals surface area contributed by atoms with E-state index in [2.05, 4.69) is 15.9 Å². The van der Waals surface area contributed by atoms with Crippen LogP contribution in [-0.4, -0.2) is 5.11 Å². The van der Waals surface area contributed by atoms with Crippen LogP contribution >= 0.6 is 38.9 Å². The molecule has 0 amide bonds. The predicted octanol–water partition coefficient (Wildman–Crippen LogP) is 4.42. The van der Waals surface area contributed by atoms with Crippen molar-refractivity contribution < 1.29 is 5.11 Å². The van der Waals surface area contributed by atoms with Crippen LogP contribution in [0.1, 0.15) is 18.1 Å². The van der Waals surface area contributed by atoms with Gasteiger partial charge >= 0.3 is 0 Å². The summed E-state index contributed by atoms with van der Waals surface area (Å²) >= 11 is 11.0. The third kappa shape index (κ3) is 2.18. The molecule has 2 aromatic rings. The molecule has 0 bridgehead atoms. The standard InChI is InChI=1S/C12H10BrClOS/c1-12(15,8-4-5-16-7-8)10-3-2-9(13)6-11(10)14/h2-7,15H,1H3. The van der Waals surface area contributed by atoms with Gasteiger partial charge in [0, 0.05) is 15.1 Å². The fourth-order valence-electron chi connectivity index (χ4n) is 1.58. The zero-order valence-electron chi connectivity index (χ0n) is 8.58. The largest absolute Gasteiger partial charge is 0.381 e. The molecule has 1 aromatic carbocycles. The van der Waals surface area contributed by atoms with Crippen LogP contribution in [0.5, 0.6) is 0 Å². The summed E-state index contributed by atoms with van der Waals surface area (Å²) in [6, 6.07) is 7.41. The molecule has 0 aliphatic rings. The van der Waals surface area contributed by atoms with Crippen molar-refractivity contribution in [3.8, 4) is 0 Å². The van der Waals surface area contributed by atoms with Gasteiger partial charge in [0.05, 0.1) is 0 Å². The van der Waals surface area contributed by atoms with Crippen molar-refractivity contribution in [1.82, 2.24) is 0 Å². The average molecular weight is 318 g/mol. The van der Waals surface area contributed by atoms with E-state index in [1.54, 1.807) is 24.3 Å². The van der Waals surface area contributed by atoms with E-state index in [4.69, 9.17) is 11.6 Å². The Morgan fingerprint density at radius 2 is 2.12 bits per heavy atom. The van der Waals surface area contributed by atoms with E-state index >= 15 is 0 Å².